The van der Waals surface area contributed by atoms with E-state index in [1.54, 1.807) is 6.92 Å². The van der Waals surface area contributed by atoms with E-state index in [1.165, 1.54) is 0 Å². The lowest BCUT2D eigenvalue weighted by Crippen LogP contribution is -2.34. The Morgan fingerprint density at radius 3 is 2.74 bits per heavy atom. The van der Waals surface area contributed by atoms with E-state index < -0.39 is 5.92 Å². The molecule has 1 heterocycles. The van der Waals surface area contributed by atoms with E-state index >= 15 is 0 Å². The molecule has 1 aromatic rings. The maximum Gasteiger partial charge on any atom is 0.336 e. The predicted octanol–water partition coefficient (Wildman–Crippen LogP) is 4.01. The minimum absolute atomic E-state index is 0.0911. The number of benzene rings is 1. The molecule has 3 rings (SSSR count). The fraction of sp³-hybridized carbons (Fsp3) is 0.455. The number of nitrogens with one attached hydrogen (secondary N) is 1. The molecule has 5 heteroatoms. The Bertz CT molecular complexity index is 806. The van der Waals surface area contributed by atoms with Crippen LogP contribution in [-0.4, -0.2) is 25.0 Å². The highest BCUT2D eigenvalue weighted by Crippen LogP contribution is 2.45. The van der Waals surface area contributed by atoms with Crippen LogP contribution in [0.2, 0.25) is 0 Å². The fourth-order valence-electron chi connectivity index (χ4n) is 3.84. The van der Waals surface area contributed by atoms with E-state index in [9.17, 15) is 9.59 Å². The Morgan fingerprint density at radius 1 is 1.22 bits per heavy atom. The Kier molecular flexibility index (Phi) is 5.99. The average Bonchev–Trinajstić information content (AvgIpc) is 2.66. The maximum absolute atomic E-state index is 12.9. The van der Waals surface area contributed by atoms with Gasteiger partial charge >= 0.3 is 5.97 Å². The first-order valence-electron chi connectivity index (χ1n) is 9.71. The molecule has 27 heavy (non-hydrogen) atoms. The van der Waals surface area contributed by atoms with Crippen molar-refractivity contribution in [2.75, 3.05) is 13.2 Å². The van der Waals surface area contributed by atoms with Crippen molar-refractivity contribution in [1.82, 2.24) is 5.32 Å². The normalized spacial score (nSPS) is 19.5. The van der Waals surface area contributed by atoms with Crippen LogP contribution in [-0.2, 0) is 14.3 Å². The van der Waals surface area contributed by atoms with Gasteiger partial charge in [-0.3, -0.25) is 4.79 Å². The Labute approximate surface area is 160 Å². The van der Waals surface area contributed by atoms with E-state index in [4.69, 9.17) is 9.47 Å². The summed E-state index contributed by atoms with van der Waals surface area (Å²) >= 11 is 0. The van der Waals surface area contributed by atoms with Gasteiger partial charge in [0.25, 0.3) is 0 Å². The lowest BCUT2D eigenvalue weighted by atomic mass is 9.75. The summed E-state index contributed by atoms with van der Waals surface area (Å²) in [5.74, 6) is -0.0386. The van der Waals surface area contributed by atoms with Crippen LogP contribution >= 0.6 is 0 Å². The number of para-hydroxylation sites is 1. The van der Waals surface area contributed by atoms with Crippen LogP contribution in [0, 0.1) is 0 Å². The number of carbonyl (C=O) groups excluding carboxylic acids is 2. The van der Waals surface area contributed by atoms with Crippen LogP contribution in [0.1, 0.15) is 57.9 Å². The largest absolute Gasteiger partial charge is 0.493 e. The van der Waals surface area contributed by atoms with Gasteiger partial charge < -0.3 is 14.8 Å². The number of ketones is 1. The second-order valence-electron chi connectivity index (χ2n) is 6.87. The topological polar surface area (TPSA) is 64.6 Å². The number of dihydropyridines is 1. The summed E-state index contributed by atoms with van der Waals surface area (Å²) in [5.41, 5.74) is 3.70. The minimum Gasteiger partial charge on any atom is -0.493 e. The summed E-state index contributed by atoms with van der Waals surface area (Å²) in [6.45, 7) is 6.58. The molecule has 0 amide bonds. The van der Waals surface area contributed by atoms with E-state index in [0.717, 1.165) is 36.2 Å². The Morgan fingerprint density at radius 2 is 2.00 bits per heavy atom. The molecule has 0 fully saturated rings. The van der Waals surface area contributed by atoms with E-state index in [2.05, 4.69) is 5.32 Å². The molecular weight excluding hydrogens is 342 g/mol. The first-order chi connectivity index (χ1) is 13.1. The molecule has 0 unspecified atom stereocenters. The van der Waals surface area contributed by atoms with Crippen LogP contribution in [0.3, 0.4) is 0 Å². The van der Waals surface area contributed by atoms with Gasteiger partial charge in [-0.1, -0.05) is 25.1 Å². The van der Waals surface area contributed by atoms with Crippen molar-refractivity contribution in [2.45, 2.75) is 52.4 Å². The minimum atomic E-state index is -0.457. The Hall–Kier alpha value is -2.56. The molecule has 5 nitrogen and oxygen atoms in total. The maximum atomic E-state index is 12.9. The van der Waals surface area contributed by atoms with Gasteiger partial charge in [-0.05, 0) is 39.2 Å². The number of esters is 1. The number of ether oxygens (including phenoxy) is 2. The van der Waals surface area contributed by atoms with Crippen LogP contribution in [0.4, 0.5) is 0 Å². The molecular formula is C22H27NO4. The molecule has 0 spiro atoms. The average molecular weight is 369 g/mol. The second kappa shape index (κ2) is 8.42. The standard InChI is InChI=1S/C22H27NO4/c1-4-13-27-18-12-7-6-9-15(18)20-19(22(25)26-5-2)14(3)23-16-10-8-11-17(24)21(16)20/h6-7,9,12,20,23H,4-5,8,10-11,13H2,1-3H3/t20-/m0/s1. The molecule has 0 radical (unpaired) electrons. The van der Waals surface area contributed by atoms with Crippen molar-refractivity contribution in [2.24, 2.45) is 0 Å². The summed E-state index contributed by atoms with van der Waals surface area (Å²) in [6.07, 6.45) is 3.02. The number of allylic oxidation sites excluding steroid dienone is 3. The van der Waals surface area contributed by atoms with Gasteiger partial charge in [0.2, 0.25) is 0 Å². The lowest BCUT2D eigenvalue weighted by Gasteiger charge is -2.34. The molecule has 1 aromatic carbocycles. The molecule has 0 bridgehead atoms. The second-order valence-corrected chi connectivity index (χ2v) is 6.87. The zero-order valence-corrected chi connectivity index (χ0v) is 16.3. The van der Waals surface area contributed by atoms with Crippen molar-refractivity contribution in [3.63, 3.8) is 0 Å². The number of rotatable bonds is 6. The molecule has 2 aliphatic rings. The highest BCUT2D eigenvalue weighted by atomic mass is 16.5. The number of hydrogen-bond donors (Lipinski definition) is 1. The van der Waals surface area contributed by atoms with E-state index in [1.807, 2.05) is 38.1 Å². The summed E-state index contributed by atoms with van der Waals surface area (Å²) in [5, 5.41) is 3.30. The number of Topliss-reactive ketones (excluding diaryl/α,β-unsaturated/α-hetero) is 1. The molecule has 0 aromatic heterocycles. The molecule has 0 saturated carbocycles. The van der Waals surface area contributed by atoms with E-state index in [0.29, 0.717) is 29.9 Å². The van der Waals surface area contributed by atoms with Gasteiger partial charge in [0, 0.05) is 29.0 Å². The third-order valence-electron chi connectivity index (χ3n) is 4.96. The summed E-state index contributed by atoms with van der Waals surface area (Å²) in [4.78, 5) is 25.7. The highest BCUT2D eigenvalue weighted by molar-refractivity contribution is 6.04. The molecule has 0 saturated heterocycles. The SMILES string of the molecule is CCCOc1ccccc1[C@H]1C(C(=O)OCC)=C(C)NC2=C1C(=O)CCC2. The lowest BCUT2D eigenvalue weighted by molar-refractivity contribution is -0.138. The van der Waals surface area contributed by atoms with Gasteiger partial charge in [-0.15, -0.1) is 0 Å². The van der Waals surface area contributed by atoms with Crippen LogP contribution < -0.4 is 10.1 Å². The van der Waals surface area contributed by atoms with Gasteiger partial charge in [-0.2, -0.15) is 0 Å². The van der Waals surface area contributed by atoms with Gasteiger partial charge in [0.05, 0.1) is 24.7 Å². The van der Waals surface area contributed by atoms with Crippen LogP contribution in [0.15, 0.2) is 46.8 Å². The highest BCUT2D eigenvalue weighted by Gasteiger charge is 2.40. The molecule has 144 valence electrons. The van der Waals surface area contributed by atoms with Crippen LogP contribution in [0.25, 0.3) is 0 Å². The van der Waals surface area contributed by atoms with Gasteiger partial charge in [-0.25, -0.2) is 4.79 Å². The zero-order valence-electron chi connectivity index (χ0n) is 16.3. The Balaban J connectivity index is 2.16. The number of hydrogen-bond acceptors (Lipinski definition) is 5. The molecule has 1 atom stereocenters. The summed E-state index contributed by atoms with van der Waals surface area (Å²) in [7, 11) is 0. The fourth-order valence-corrected chi connectivity index (χ4v) is 3.84. The van der Waals surface area contributed by atoms with Crippen LogP contribution in [0.5, 0.6) is 5.75 Å². The third-order valence-corrected chi connectivity index (χ3v) is 4.96. The molecule has 1 N–H and O–H groups in total. The quantitative estimate of drug-likeness (QED) is 0.768. The monoisotopic (exact) mass is 369 g/mol. The smallest absolute Gasteiger partial charge is 0.336 e. The molecule has 1 aliphatic carbocycles. The molecule has 1 aliphatic heterocycles. The van der Waals surface area contributed by atoms with Crippen molar-refractivity contribution >= 4 is 11.8 Å². The zero-order chi connectivity index (χ0) is 19.4. The number of carbonyl (C=O) groups is 2. The van der Waals surface area contributed by atoms with Crippen molar-refractivity contribution in [1.29, 1.82) is 0 Å². The van der Waals surface area contributed by atoms with Crippen molar-refractivity contribution < 1.29 is 19.1 Å². The predicted molar refractivity (Wildman–Crippen MR) is 103 cm³/mol. The summed E-state index contributed by atoms with van der Waals surface area (Å²) < 4.78 is 11.3. The van der Waals surface area contributed by atoms with Crippen molar-refractivity contribution in [3.05, 3.63) is 52.4 Å². The van der Waals surface area contributed by atoms with Gasteiger partial charge in [0.15, 0.2) is 5.78 Å². The van der Waals surface area contributed by atoms with E-state index in [-0.39, 0.29) is 18.4 Å². The summed E-state index contributed by atoms with van der Waals surface area (Å²) in [6, 6.07) is 7.68. The third kappa shape index (κ3) is 3.77. The first-order valence-corrected chi connectivity index (χ1v) is 9.71. The first kappa shape index (κ1) is 19.2. The van der Waals surface area contributed by atoms with Crippen molar-refractivity contribution in [3.8, 4) is 5.75 Å². The van der Waals surface area contributed by atoms with Gasteiger partial charge in [0.1, 0.15) is 5.75 Å².